The maximum absolute atomic E-state index is 13.0. The number of nitrogens with zero attached hydrogens (tertiary/aromatic N) is 3. The third-order valence-electron chi connectivity index (χ3n) is 5.44. The molecule has 0 atom stereocenters. The first-order chi connectivity index (χ1) is 14.2. The molecule has 1 amide bonds. The Hall–Kier alpha value is -3.41. The van der Waals surface area contributed by atoms with E-state index < -0.39 is 0 Å². The number of hydrogen-bond acceptors (Lipinski definition) is 5. The summed E-state index contributed by atoms with van der Waals surface area (Å²) in [6, 6.07) is 19.4. The van der Waals surface area contributed by atoms with E-state index in [1.807, 2.05) is 59.5 Å². The quantitative estimate of drug-likeness (QED) is 0.736. The molecular formula is C23H24N4O2. The summed E-state index contributed by atoms with van der Waals surface area (Å²) in [7, 11) is 1.63. The topological polar surface area (TPSA) is 81.3 Å². The van der Waals surface area contributed by atoms with Crippen molar-refractivity contribution in [3.05, 3.63) is 71.9 Å². The van der Waals surface area contributed by atoms with E-state index in [2.05, 4.69) is 10.2 Å². The van der Waals surface area contributed by atoms with Gasteiger partial charge in [0.05, 0.1) is 12.8 Å². The van der Waals surface area contributed by atoms with Gasteiger partial charge in [0.2, 0.25) is 0 Å². The van der Waals surface area contributed by atoms with Gasteiger partial charge in [-0.25, -0.2) is 0 Å². The third-order valence-corrected chi connectivity index (χ3v) is 5.44. The van der Waals surface area contributed by atoms with E-state index in [-0.39, 0.29) is 5.91 Å². The van der Waals surface area contributed by atoms with Crippen LogP contribution >= 0.6 is 0 Å². The second-order valence-corrected chi connectivity index (χ2v) is 7.23. The zero-order valence-electron chi connectivity index (χ0n) is 16.4. The Morgan fingerprint density at radius 3 is 2.45 bits per heavy atom. The molecule has 1 aliphatic heterocycles. The second-order valence-electron chi connectivity index (χ2n) is 7.23. The van der Waals surface area contributed by atoms with Gasteiger partial charge in [0.25, 0.3) is 5.91 Å². The average Bonchev–Trinajstić information content (AvgIpc) is 2.79. The smallest absolute Gasteiger partial charge is 0.253 e. The van der Waals surface area contributed by atoms with E-state index in [9.17, 15) is 4.79 Å². The normalized spacial score (nSPS) is 14.6. The standard InChI is InChI=1S/C23H24N4O2/c1-29-21-15-18(7-8-19(21)16-5-3-2-4-6-16)23(28)27-13-11-17(12-14-27)20-9-10-22(24)26-25-20/h2-10,15,17H,11-14H2,1H3,(H2,24,26). The fourth-order valence-corrected chi connectivity index (χ4v) is 3.81. The Bertz CT molecular complexity index is 982. The van der Waals surface area contributed by atoms with Gasteiger partial charge in [-0.2, -0.15) is 5.10 Å². The minimum absolute atomic E-state index is 0.0322. The summed E-state index contributed by atoms with van der Waals surface area (Å²) in [6.45, 7) is 1.39. The Kier molecular flexibility index (Phi) is 5.42. The van der Waals surface area contributed by atoms with Gasteiger partial charge in [0.1, 0.15) is 11.6 Å². The summed E-state index contributed by atoms with van der Waals surface area (Å²) in [5.41, 5.74) is 9.25. The number of hydrogen-bond donors (Lipinski definition) is 1. The summed E-state index contributed by atoms with van der Waals surface area (Å²) >= 11 is 0. The molecule has 3 aromatic rings. The molecule has 0 saturated carbocycles. The zero-order valence-corrected chi connectivity index (χ0v) is 16.4. The van der Waals surface area contributed by atoms with E-state index >= 15 is 0 Å². The molecule has 148 valence electrons. The van der Waals surface area contributed by atoms with Gasteiger partial charge in [0.15, 0.2) is 0 Å². The Balaban J connectivity index is 1.47. The van der Waals surface area contributed by atoms with Gasteiger partial charge in [-0.1, -0.05) is 30.3 Å². The number of piperidine rings is 1. The van der Waals surface area contributed by atoms with Crippen LogP contribution < -0.4 is 10.5 Å². The number of methoxy groups -OCH3 is 1. The molecule has 0 aliphatic carbocycles. The van der Waals surface area contributed by atoms with Crippen molar-refractivity contribution in [2.24, 2.45) is 0 Å². The molecule has 6 heteroatoms. The molecule has 0 spiro atoms. The van der Waals surface area contributed by atoms with Gasteiger partial charge in [-0.15, -0.1) is 5.10 Å². The SMILES string of the molecule is COc1cc(C(=O)N2CCC(c3ccc(N)nn3)CC2)ccc1-c1ccccc1. The van der Waals surface area contributed by atoms with Crippen LogP contribution in [0.3, 0.4) is 0 Å². The highest BCUT2D eigenvalue weighted by molar-refractivity contribution is 5.95. The van der Waals surface area contributed by atoms with Crippen LogP contribution in [0.2, 0.25) is 0 Å². The van der Waals surface area contributed by atoms with Crippen LogP contribution in [0.1, 0.15) is 34.8 Å². The Morgan fingerprint density at radius 1 is 1.03 bits per heavy atom. The lowest BCUT2D eigenvalue weighted by atomic mass is 9.93. The fraction of sp³-hybridized carbons (Fsp3) is 0.261. The van der Waals surface area contributed by atoms with Crippen LogP contribution in [-0.2, 0) is 0 Å². The molecule has 2 N–H and O–H groups in total. The minimum Gasteiger partial charge on any atom is -0.496 e. The number of carbonyl (C=O) groups is 1. The van der Waals surface area contributed by atoms with Gasteiger partial charge in [-0.3, -0.25) is 4.79 Å². The van der Waals surface area contributed by atoms with Crippen molar-refractivity contribution in [2.45, 2.75) is 18.8 Å². The van der Waals surface area contributed by atoms with Crippen LogP contribution in [0.15, 0.2) is 60.7 Å². The second kappa shape index (κ2) is 8.31. The van der Waals surface area contributed by atoms with Gasteiger partial charge >= 0.3 is 0 Å². The summed E-state index contributed by atoms with van der Waals surface area (Å²) in [5.74, 6) is 1.47. The third kappa shape index (κ3) is 4.06. The predicted octanol–water partition coefficient (Wildman–Crippen LogP) is 3.75. The van der Waals surface area contributed by atoms with E-state index in [0.717, 1.165) is 29.7 Å². The fourth-order valence-electron chi connectivity index (χ4n) is 3.81. The minimum atomic E-state index is 0.0322. The number of nitrogens with two attached hydrogens (primary N) is 1. The summed E-state index contributed by atoms with van der Waals surface area (Å²) < 4.78 is 5.57. The van der Waals surface area contributed by atoms with Crippen molar-refractivity contribution >= 4 is 11.7 Å². The van der Waals surface area contributed by atoms with E-state index in [4.69, 9.17) is 10.5 Å². The number of aromatic nitrogens is 2. The van der Waals surface area contributed by atoms with Crippen molar-refractivity contribution < 1.29 is 9.53 Å². The summed E-state index contributed by atoms with van der Waals surface area (Å²) in [6.07, 6.45) is 1.73. The number of nitrogen functional groups attached to an aromatic ring is 1. The molecule has 1 saturated heterocycles. The molecule has 6 nitrogen and oxygen atoms in total. The summed E-state index contributed by atoms with van der Waals surface area (Å²) in [5, 5.41) is 8.14. The number of carbonyl (C=O) groups excluding carboxylic acids is 1. The lowest BCUT2D eigenvalue weighted by Crippen LogP contribution is -2.38. The molecule has 2 aromatic carbocycles. The maximum atomic E-state index is 13.0. The molecule has 1 aliphatic rings. The zero-order chi connectivity index (χ0) is 20.2. The van der Waals surface area contributed by atoms with E-state index in [1.165, 1.54) is 0 Å². The molecule has 29 heavy (non-hydrogen) atoms. The largest absolute Gasteiger partial charge is 0.496 e. The van der Waals surface area contributed by atoms with Crippen molar-refractivity contribution in [3.8, 4) is 16.9 Å². The van der Waals surface area contributed by atoms with Crippen LogP contribution in [-0.4, -0.2) is 41.2 Å². The van der Waals surface area contributed by atoms with Crippen molar-refractivity contribution in [1.29, 1.82) is 0 Å². The Morgan fingerprint density at radius 2 is 1.79 bits per heavy atom. The van der Waals surface area contributed by atoms with Gasteiger partial charge in [-0.05, 0) is 48.7 Å². The average molecular weight is 388 g/mol. The van der Waals surface area contributed by atoms with Crippen molar-refractivity contribution in [1.82, 2.24) is 15.1 Å². The highest BCUT2D eigenvalue weighted by atomic mass is 16.5. The number of anilines is 1. The first kappa shape index (κ1) is 18.9. The van der Waals surface area contributed by atoms with Crippen LogP contribution in [0.25, 0.3) is 11.1 Å². The first-order valence-corrected chi connectivity index (χ1v) is 9.77. The lowest BCUT2D eigenvalue weighted by molar-refractivity contribution is 0.0711. The summed E-state index contributed by atoms with van der Waals surface area (Å²) in [4.78, 5) is 14.9. The van der Waals surface area contributed by atoms with Crippen LogP contribution in [0.4, 0.5) is 5.82 Å². The number of rotatable bonds is 4. The van der Waals surface area contributed by atoms with Gasteiger partial charge in [0, 0.05) is 30.1 Å². The molecule has 1 fully saturated rings. The highest BCUT2D eigenvalue weighted by Gasteiger charge is 2.26. The number of benzene rings is 2. The van der Waals surface area contributed by atoms with Crippen molar-refractivity contribution in [3.63, 3.8) is 0 Å². The highest BCUT2D eigenvalue weighted by Crippen LogP contribution is 2.32. The molecule has 4 rings (SSSR count). The lowest BCUT2D eigenvalue weighted by Gasteiger charge is -2.31. The molecule has 0 bridgehead atoms. The Labute approximate surface area is 170 Å². The maximum Gasteiger partial charge on any atom is 0.253 e. The monoisotopic (exact) mass is 388 g/mol. The molecule has 2 heterocycles. The van der Waals surface area contributed by atoms with Gasteiger partial charge < -0.3 is 15.4 Å². The number of likely N-dealkylation sites (tertiary alicyclic amines) is 1. The molecule has 0 unspecified atom stereocenters. The van der Waals surface area contributed by atoms with Crippen LogP contribution in [0.5, 0.6) is 5.75 Å². The first-order valence-electron chi connectivity index (χ1n) is 9.77. The molecule has 0 radical (unpaired) electrons. The predicted molar refractivity (Wildman–Crippen MR) is 113 cm³/mol. The molecular weight excluding hydrogens is 364 g/mol. The van der Waals surface area contributed by atoms with Crippen molar-refractivity contribution in [2.75, 3.05) is 25.9 Å². The van der Waals surface area contributed by atoms with Crippen LogP contribution in [0, 0.1) is 0 Å². The number of ether oxygens (including phenoxy) is 1. The number of amides is 1. The van der Waals surface area contributed by atoms with E-state index in [0.29, 0.717) is 36.1 Å². The van der Waals surface area contributed by atoms with E-state index in [1.54, 1.807) is 13.2 Å². The molecule has 1 aromatic heterocycles.